The standard InChI is InChI=1S/C10H12N2/c1-2-12-6-5-8-7-9(11)3-4-10(8)12/h3-7H,2,11H2,1H3/p+1. The number of quaternary nitrogens is 1. The monoisotopic (exact) mass is 161 g/mol. The number of nitrogens with zero attached hydrogens (tertiary/aromatic N) is 1. The van der Waals surface area contributed by atoms with Gasteiger partial charge in [-0.05, 0) is 19.1 Å². The Morgan fingerprint density at radius 2 is 2.17 bits per heavy atom. The molecule has 0 saturated carbocycles. The average Bonchev–Trinajstić information content (AvgIpc) is 2.46. The molecule has 0 unspecified atom stereocenters. The molecule has 0 amide bonds. The molecule has 0 aliphatic rings. The lowest BCUT2D eigenvalue weighted by Crippen LogP contribution is -2.39. The highest BCUT2D eigenvalue weighted by Crippen LogP contribution is 2.17. The molecule has 0 bridgehead atoms. The lowest BCUT2D eigenvalue weighted by atomic mass is 10.2. The quantitative estimate of drug-likeness (QED) is 0.658. The van der Waals surface area contributed by atoms with Crippen LogP contribution in [0, 0.1) is 0 Å². The Morgan fingerprint density at radius 1 is 1.33 bits per heavy atom. The number of rotatable bonds is 1. The van der Waals surface area contributed by atoms with E-state index in [1.807, 2.05) is 0 Å². The van der Waals surface area contributed by atoms with Crippen molar-refractivity contribution in [1.82, 2.24) is 4.57 Å². The van der Waals surface area contributed by atoms with Gasteiger partial charge < -0.3 is 10.3 Å². The van der Waals surface area contributed by atoms with Gasteiger partial charge in [-0.1, -0.05) is 0 Å². The average molecular weight is 161 g/mol. The maximum Gasteiger partial charge on any atom is 0.128 e. The third kappa shape index (κ3) is 1.01. The molecule has 2 rings (SSSR count). The Labute approximate surface area is 71.6 Å². The van der Waals surface area contributed by atoms with E-state index in [0.29, 0.717) is 0 Å². The maximum atomic E-state index is 3.90. The molecule has 2 heteroatoms. The van der Waals surface area contributed by atoms with Crippen LogP contribution in [0.1, 0.15) is 6.92 Å². The summed E-state index contributed by atoms with van der Waals surface area (Å²) in [5.41, 5.74) is 6.27. The van der Waals surface area contributed by atoms with E-state index in [4.69, 9.17) is 0 Å². The fourth-order valence-corrected chi connectivity index (χ4v) is 1.53. The first-order chi connectivity index (χ1) is 5.81. The van der Waals surface area contributed by atoms with Crippen LogP contribution in [0.4, 0.5) is 5.69 Å². The normalized spacial score (nSPS) is 10.8. The topological polar surface area (TPSA) is 32.6 Å². The Kier molecular flexibility index (Phi) is 1.62. The van der Waals surface area contributed by atoms with E-state index in [1.165, 1.54) is 10.9 Å². The summed E-state index contributed by atoms with van der Waals surface area (Å²) in [5.74, 6) is 0. The zero-order valence-corrected chi connectivity index (χ0v) is 7.25. The highest BCUT2D eigenvalue weighted by Gasteiger charge is 1.99. The number of benzene rings is 1. The van der Waals surface area contributed by atoms with Gasteiger partial charge in [-0.15, -0.1) is 0 Å². The Bertz CT molecular complexity index is 401. The summed E-state index contributed by atoms with van der Waals surface area (Å²) in [7, 11) is 0. The highest BCUT2D eigenvalue weighted by atomic mass is 14.9. The Balaban J connectivity index is 2.73. The van der Waals surface area contributed by atoms with Gasteiger partial charge in [0, 0.05) is 35.8 Å². The molecule has 0 aliphatic carbocycles. The summed E-state index contributed by atoms with van der Waals surface area (Å²) in [6.45, 7) is 3.18. The SMILES string of the molecule is CCn1ccc2cc([NH3+])ccc21. The largest absolute Gasteiger partial charge is 0.348 e. The second-order valence-electron chi connectivity index (χ2n) is 2.99. The van der Waals surface area contributed by atoms with Crippen molar-refractivity contribution >= 4 is 16.6 Å². The van der Waals surface area contributed by atoms with E-state index in [-0.39, 0.29) is 0 Å². The van der Waals surface area contributed by atoms with Gasteiger partial charge in [0.2, 0.25) is 0 Å². The van der Waals surface area contributed by atoms with E-state index in [1.54, 1.807) is 0 Å². The first-order valence-corrected chi connectivity index (χ1v) is 4.22. The molecule has 62 valence electrons. The summed E-state index contributed by atoms with van der Waals surface area (Å²) < 4.78 is 2.23. The van der Waals surface area contributed by atoms with Crippen molar-refractivity contribution in [3.05, 3.63) is 30.5 Å². The van der Waals surface area contributed by atoms with Crippen molar-refractivity contribution in [2.45, 2.75) is 13.5 Å². The van der Waals surface area contributed by atoms with Gasteiger partial charge in [-0.25, -0.2) is 0 Å². The van der Waals surface area contributed by atoms with Gasteiger partial charge in [0.1, 0.15) is 5.69 Å². The van der Waals surface area contributed by atoms with Crippen LogP contribution in [0.25, 0.3) is 10.9 Å². The zero-order valence-electron chi connectivity index (χ0n) is 7.25. The van der Waals surface area contributed by atoms with Crippen LogP contribution in [0.2, 0.25) is 0 Å². The van der Waals surface area contributed by atoms with E-state index >= 15 is 0 Å². The molecule has 0 aliphatic heterocycles. The number of aromatic nitrogens is 1. The molecule has 0 atom stereocenters. The minimum absolute atomic E-state index is 1.03. The van der Waals surface area contributed by atoms with Crippen LogP contribution in [0.15, 0.2) is 30.5 Å². The molecular formula is C10H13N2+. The Morgan fingerprint density at radius 3 is 2.92 bits per heavy atom. The van der Waals surface area contributed by atoms with Crippen molar-refractivity contribution < 1.29 is 5.73 Å². The number of aryl methyl sites for hydroxylation is 1. The van der Waals surface area contributed by atoms with Gasteiger partial charge in [-0.2, -0.15) is 0 Å². The summed E-state index contributed by atoms with van der Waals surface area (Å²) in [4.78, 5) is 0. The molecule has 1 heterocycles. The predicted molar refractivity (Wildman–Crippen MR) is 50.2 cm³/mol. The highest BCUT2D eigenvalue weighted by molar-refractivity contribution is 5.82. The van der Waals surface area contributed by atoms with Gasteiger partial charge in [0.25, 0.3) is 0 Å². The van der Waals surface area contributed by atoms with Gasteiger partial charge in [0.15, 0.2) is 0 Å². The number of fused-ring (bicyclic) bond motifs is 1. The molecule has 0 fully saturated rings. The molecular weight excluding hydrogens is 148 g/mol. The third-order valence-corrected chi connectivity index (χ3v) is 2.18. The first kappa shape index (κ1) is 7.37. The lowest BCUT2D eigenvalue weighted by molar-refractivity contribution is -0.254. The van der Waals surface area contributed by atoms with Crippen LogP contribution in [0.5, 0.6) is 0 Å². The van der Waals surface area contributed by atoms with Crippen molar-refractivity contribution in [2.24, 2.45) is 0 Å². The molecule has 2 nitrogen and oxygen atoms in total. The number of hydrogen-bond donors (Lipinski definition) is 1. The van der Waals surface area contributed by atoms with E-state index < -0.39 is 0 Å². The van der Waals surface area contributed by atoms with Crippen molar-refractivity contribution in [3.8, 4) is 0 Å². The van der Waals surface area contributed by atoms with E-state index in [9.17, 15) is 0 Å². The van der Waals surface area contributed by atoms with Gasteiger partial charge in [0.05, 0.1) is 0 Å². The molecule has 1 aromatic heterocycles. The summed E-state index contributed by atoms with van der Waals surface area (Å²) in [6, 6.07) is 8.42. The summed E-state index contributed by atoms with van der Waals surface area (Å²) >= 11 is 0. The predicted octanol–water partition coefficient (Wildman–Crippen LogP) is 1.53. The van der Waals surface area contributed by atoms with E-state index in [2.05, 4.69) is 47.7 Å². The molecule has 3 N–H and O–H groups in total. The first-order valence-electron chi connectivity index (χ1n) is 4.22. The zero-order chi connectivity index (χ0) is 8.55. The lowest BCUT2D eigenvalue weighted by Gasteiger charge is -1.98. The molecule has 0 spiro atoms. The summed E-state index contributed by atoms with van der Waals surface area (Å²) in [6.07, 6.45) is 2.12. The molecule has 1 aromatic carbocycles. The number of hydrogen-bond acceptors (Lipinski definition) is 0. The minimum Gasteiger partial charge on any atom is -0.348 e. The van der Waals surface area contributed by atoms with Gasteiger partial charge in [-0.3, -0.25) is 0 Å². The molecule has 0 saturated heterocycles. The second-order valence-corrected chi connectivity index (χ2v) is 2.99. The van der Waals surface area contributed by atoms with Crippen molar-refractivity contribution in [2.75, 3.05) is 0 Å². The molecule has 12 heavy (non-hydrogen) atoms. The second kappa shape index (κ2) is 2.64. The van der Waals surface area contributed by atoms with Crippen LogP contribution >= 0.6 is 0 Å². The fraction of sp³-hybridized carbons (Fsp3) is 0.200. The van der Waals surface area contributed by atoms with Crippen LogP contribution in [-0.2, 0) is 6.54 Å². The fourth-order valence-electron chi connectivity index (χ4n) is 1.53. The summed E-state index contributed by atoms with van der Waals surface area (Å²) in [5, 5.41) is 1.28. The van der Waals surface area contributed by atoms with E-state index in [0.717, 1.165) is 12.2 Å². The van der Waals surface area contributed by atoms with Crippen LogP contribution in [0.3, 0.4) is 0 Å². The van der Waals surface area contributed by atoms with Crippen molar-refractivity contribution in [3.63, 3.8) is 0 Å². The minimum atomic E-state index is 1.03. The molecule has 0 radical (unpaired) electrons. The van der Waals surface area contributed by atoms with Gasteiger partial charge >= 0.3 is 0 Å². The van der Waals surface area contributed by atoms with Crippen LogP contribution < -0.4 is 5.73 Å². The third-order valence-electron chi connectivity index (χ3n) is 2.18. The van der Waals surface area contributed by atoms with Crippen molar-refractivity contribution in [1.29, 1.82) is 0 Å². The van der Waals surface area contributed by atoms with Crippen LogP contribution in [-0.4, -0.2) is 4.57 Å². The Hall–Kier alpha value is -1.28. The smallest absolute Gasteiger partial charge is 0.128 e. The molecule has 2 aromatic rings. The maximum absolute atomic E-state index is 3.90.